The summed E-state index contributed by atoms with van der Waals surface area (Å²) in [6.45, 7) is 11.5. The van der Waals surface area contributed by atoms with Crippen LogP contribution in [-0.4, -0.2) is 228 Å². The molecule has 1 saturated carbocycles. The van der Waals surface area contributed by atoms with Crippen LogP contribution in [-0.2, 0) is 65.3 Å². The summed E-state index contributed by atoms with van der Waals surface area (Å²) in [6, 6.07) is -4.71. The number of carbonyl (C=O) groups excluding carboxylic acids is 11. The van der Waals surface area contributed by atoms with Gasteiger partial charge in [-0.05, 0) is 95.2 Å². The molecule has 22 nitrogen and oxygen atoms in total. The molecular formula is C60H93ClF3N11O11. The predicted molar refractivity (Wildman–Crippen MR) is 316 cm³/mol. The summed E-state index contributed by atoms with van der Waals surface area (Å²) in [5.41, 5.74) is -2.41. The van der Waals surface area contributed by atoms with Crippen molar-refractivity contribution in [3.63, 3.8) is 0 Å². The molecule has 2 heterocycles. The van der Waals surface area contributed by atoms with Gasteiger partial charge < -0.3 is 55.1 Å². The number of likely N-dealkylation sites (N-methyl/N-ethyl adjacent to an activating group) is 7. The molecule has 2 aliphatic heterocycles. The van der Waals surface area contributed by atoms with E-state index in [1.807, 2.05) is 6.92 Å². The Morgan fingerprint density at radius 3 is 1.86 bits per heavy atom. The van der Waals surface area contributed by atoms with Crippen molar-refractivity contribution in [3.05, 3.63) is 34.3 Å². The Morgan fingerprint density at radius 2 is 1.28 bits per heavy atom. The first kappa shape index (κ1) is 71.9. The molecule has 0 aromatic heterocycles. The molecule has 0 bridgehead atoms. The second-order valence-electron chi connectivity index (χ2n) is 24.8. The lowest BCUT2D eigenvalue weighted by Crippen LogP contribution is -2.63. The minimum atomic E-state index is -4.75. The second-order valence-corrected chi connectivity index (χ2v) is 25.2. The van der Waals surface area contributed by atoms with E-state index in [9.17, 15) is 65.9 Å². The molecule has 3 aliphatic rings. The molecule has 86 heavy (non-hydrogen) atoms. The molecule has 1 aliphatic carbocycles. The van der Waals surface area contributed by atoms with Gasteiger partial charge in [-0.2, -0.15) is 13.2 Å². The monoisotopic (exact) mass is 1240 g/mol. The first-order chi connectivity index (χ1) is 40.0. The van der Waals surface area contributed by atoms with Gasteiger partial charge in [-0.25, -0.2) is 0 Å². The molecule has 26 heteroatoms. The summed E-state index contributed by atoms with van der Waals surface area (Å²) in [7, 11) is 9.76. The van der Waals surface area contributed by atoms with E-state index in [-0.39, 0.29) is 44.6 Å². The highest BCUT2D eigenvalue weighted by atomic mass is 35.5. The van der Waals surface area contributed by atoms with Gasteiger partial charge in [0.05, 0.1) is 30.2 Å². The second kappa shape index (κ2) is 30.9. The number of rotatable bonds is 8. The minimum Gasteiger partial charge on any atom is -0.351 e. The zero-order chi connectivity index (χ0) is 65.0. The van der Waals surface area contributed by atoms with Gasteiger partial charge in [0, 0.05) is 68.3 Å². The zero-order valence-electron chi connectivity index (χ0n) is 52.9. The molecule has 8 atom stereocenters. The molecule has 1 unspecified atom stereocenters. The van der Waals surface area contributed by atoms with E-state index in [4.69, 9.17) is 11.6 Å². The number of alkyl halides is 3. The summed E-state index contributed by atoms with van der Waals surface area (Å²) < 4.78 is 41.1. The van der Waals surface area contributed by atoms with Crippen LogP contribution in [0.25, 0.3) is 0 Å². The predicted octanol–water partition coefficient (Wildman–Crippen LogP) is 3.95. The fourth-order valence-electron chi connectivity index (χ4n) is 11.4. The Hall–Kier alpha value is -6.53. The largest absolute Gasteiger partial charge is 0.417 e. The maximum atomic E-state index is 14.9. The zero-order valence-corrected chi connectivity index (χ0v) is 53.7. The van der Waals surface area contributed by atoms with Crippen molar-refractivity contribution >= 4 is 76.6 Å². The van der Waals surface area contributed by atoms with Crippen LogP contribution >= 0.6 is 11.6 Å². The average Bonchev–Trinajstić information content (AvgIpc) is 2.54. The van der Waals surface area contributed by atoms with Gasteiger partial charge in [-0.15, -0.1) is 0 Å². The van der Waals surface area contributed by atoms with Crippen LogP contribution in [0.3, 0.4) is 0 Å². The number of hydrogen-bond donors (Lipinski definition) is 3. The first-order valence-corrected chi connectivity index (χ1v) is 30.2. The molecule has 0 spiro atoms. The number of aryl methyl sites for hydroxylation is 1. The lowest BCUT2D eigenvalue weighted by atomic mass is 9.84. The fraction of sp³-hybridized carbons (Fsp3) is 0.717. The van der Waals surface area contributed by atoms with Gasteiger partial charge in [0.15, 0.2) is 0 Å². The van der Waals surface area contributed by atoms with Crippen molar-refractivity contribution in [2.24, 2.45) is 17.8 Å². The van der Waals surface area contributed by atoms with Crippen LogP contribution in [0, 0.1) is 17.8 Å². The molecule has 4 rings (SSSR count). The maximum Gasteiger partial charge on any atom is 0.417 e. The van der Waals surface area contributed by atoms with E-state index < -0.39 is 161 Å². The van der Waals surface area contributed by atoms with E-state index >= 15 is 0 Å². The van der Waals surface area contributed by atoms with E-state index in [2.05, 4.69) is 16.0 Å². The van der Waals surface area contributed by atoms with Crippen molar-refractivity contribution in [1.82, 2.24) is 55.1 Å². The summed E-state index contributed by atoms with van der Waals surface area (Å²) in [5, 5.41) is 7.73. The van der Waals surface area contributed by atoms with Gasteiger partial charge in [0.25, 0.3) is 0 Å². The lowest BCUT2D eigenvalue weighted by Gasteiger charge is -2.42. The van der Waals surface area contributed by atoms with Crippen LogP contribution in [0.2, 0.25) is 5.02 Å². The molecule has 1 aromatic rings. The standard InChI is InChI=1S/C60H93ClF3N11O11/c1-16-36(4)50-57(85)70(11)33-48(78)68(9)34-49(79)72(13)45(31-39-21-18-17-19-22-39)55(83)69(10)32-46(76)66-43(27-25-40-24-26-41(42(61)30-40)60(62,63)64)54(82)75-28-20-23-44(75)56(84)74(15)59(7,8)58(86)73(14)51(35(2)3)53(81)65-37(5)29-47(77)71(12)38(6)52(80)67-50/h24,26,30,35-39,43-45,50-51H,16-23,25,27-29,31-34H2,1-15H3,(H,65,81)(H,66,76)(H,67,80)/t36?,37-,38+,43+,44+,45+,50+,51+/m1/s1. The highest BCUT2D eigenvalue weighted by Crippen LogP contribution is 2.36. The Balaban J connectivity index is 1.77. The normalized spacial score (nSPS) is 26.3. The smallest absolute Gasteiger partial charge is 0.351 e. The van der Waals surface area contributed by atoms with Crippen molar-refractivity contribution < 1.29 is 65.9 Å². The van der Waals surface area contributed by atoms with Crippen LogP contribution in [0.5, 0.6) is 0 Å². The Morgan fingerprint density at radius 1 is 0.674 bits per heavy atom. The Kier molecular flexibility index (Phi) is 25.8. The fourth-order valence-corrected chi connectivity index (χ4v) is 11.7. The van der Waals surface area contributed by atoms with E-state index in [1.165, 1.54) is 101 Å². The number of fused-ring (bicyclic) bond motifs is 1. The number of hydrogen-bond acceptors (Lipinski definition) is 11. The number of nitrogens with zero attached hydrogens (tertiary/aromatic N) is 8. The number of benzene rings is 1. The maximum absolute atomic E-state index is 14.9. The molecule has 482 valence electrons. The highest BCUT2D eigenvalue weighted by Gasteiger charge is 2.47. The van der Waals surface area contributed by atoms with Crippen LogP contribution in [0.15, 0.2) is 18.2 Å². The van der Waals surface area contributed by atoms with Gasteiger partial charge in [-0.3, -0.25) is 52.7 Å². The molecular weight excluding hydrogens is 1140 g/mol. The summed E-state index contributed by atoms with van der Waals surface area (Å²) >= 11 is 6.08. The van der Waals surface area contributed by atoms with Crippen LogP contribution in [0.1, 0.15) is 137 Å². The van der Waals surface area contributed by atoms with Gasteiger partial charge in [-0.1, -0.05) is 83.9 Å². The van der Waals surface area contributed by atoms with E-state index in [1.54, 1.807) is 27.7 Å². The highest BCUT2D eigenvalue weighted by molar-refractivity contribution is 6.31. The van der Waals surface area contributed by atoms with Crippen LogP contribution < -0.4 is 16.0 Å². The molecule has 3 fully saturated rings. The first-order valence-electron chi connectivity index (χ1n) is 29.8. The minimum absolute atomic E-state index is 0.0329. The quantitative estimate of drug-likeness (QED) is 0.336. The third-order valence-corrected chi connectivity index (χ3v) is 17.9. The number of carbonyl (C=O) groups is 11. The molecule has 11 amide bonds. The molecule has 1 aromatic carbocycles. The topological polar surface area (TPSA) is 250 Å². The molecule has 3 N–H and O–H groups in total. The summed E-state index contributed by atoms with van der Waals surface area (Å²) in [4.78, 5) is 166. The number of nitrogens with one attached hydrogen (secondary N) is 3. The van der Waals surface area contributed by atoms with Gasteiger partial charge in [0.1, 0.15) is 41.8 Å². The summed E-state index contributed by atoms with van der Waals surface area (Å²) in [5.74, 6) is -8.00. The van der Waals surface area contributed by atoms with E-state index in [0.717, 1.165) is 58.9 Å². The number of amides is 11. The van der Waals surface area contributed by atoms with Gasteiger partial charge >= 0.3 is 6.18 Å². The van der Waals surface area contributed by atoms with Crippen molar-refractivity contribution in [2.75, 3.05) is 75.5 Å². The third-order valence-electron chi connectivity index (χ3n) is 17.6. The van der Waals surface area contributed by atoms with Crippen molar-refractivity contribution in [2.45, 2.75) is 186 Å². The Bertz CT molecular complexity index is 2660. The SMILES string of the molecule is CCC(C)[C@@H]1NC(=O)[C@H](C)N(C)C(=O)C[C@@H](C)NC(=O)[C@H](C(C)C)N(C)C(=O)C(C)(C)N(C)C(=O)[C@@H]2CCCN2C(=O)[C@H](CCc2ccc(C(F)(F)F)c(Cl)c2)NC(=O)CN(C)C(=O)[C@H](CC2CCCCC2)N(C)C(=O)CN(C)C(=O)CN(C)C1=O. The van der Waals surface area contributed by atoms with Crippen molar-refractivity contribution in [3.8, 4) is 0 Å². The van der Waals surface area contributed by atoms with Crippen molar-refractivity contribution in [1.29, 1.82) is 0 Å². The molecule has 2 saturated heterocycles. The Labute approximate surface area is 509 Å². The lowest BCUT2D eigenvalue weighted by molar-refractivity contribution is -0.157. The average molecular weight is 1240 g/mol. The van der Waals surface area contributed by atoms with Crippen LogP contribution in [0.4, 0.5) is 13.2 Å². The van der Waals surface area contributed by atoms with E-state index in [0.29, 0.717) is 18.4 Å². The third kappa shape index (κ3) is 18.3. The van der Waals surface area contributed by atoms with Gasteiger partial charge in [0.2, 0.25) is 65.0 Å². The molecule has 0 radical (unpaired) electrons. The summed E-state index contributed by atoms with van der Waals surface area (Å²) in [6.07, 6.45) is 0.253. The number of halogens is 4.